The molecule has 0 aliphatic carbocycles. The van der Waals surface area contributed by atoms with Gasteiger partial charge in [-0.15, -0.1) is 0 Å². The SMILES string of the molecule is CON=CC1=CCCN(C(=O)[C@H](C)N)C1. The normalized spacial score (nSPS) is 18.9. The van der Waals surface area contributed by atoms with Gasteiger partial charge < -0.3 is 15.5 Å². The number of amides is 1. The van der Waals surface area contributed by atoms with Crippen LogP contribution in [-0.4, -0.2) is 43.3 Å². The smallest absolute Gasteiger partial charge is 0.239 e. The molecule has 0 saturated carbocycles. The molecule has 0 spiro atoms. The molecule has 0 saturated heterocycles. The van der Waals surface area contributed by atoms with Gasteiger partial charge in [0.05, 0.1) is 12.3 Å². The third kappa shape index (κ3) is 3.36. The molecule has 1 aliphatic rings. The van der Waals surface area contributed by atoms with Crippen molar-refractivity contribution in [2.24, 2.45) is 10.9 Å². The summed E-state index contributed by atoms with van der Waals surface area (Å²) in [5, 5.41) is 3.67. The van der Waals surface area contributed by atoms with Gasteiger partial charge in [-0.05, 0) is 18.9 Å². The predicted octanol–water partition coefficient (Wildman–Crippen LogP) is 0.124. The van der Waals surface area contributed by atoms with Crippen LogP contribution in [0.5, 0.6) is 0 Å². The Balaban J connectivity index is 2.57. The van der Waals surface area contributed by atoms with Crippen LogP contribution < -0.4 is 5.73 Å². The maximum atomic E-state index is 11.6. The van der Waals surface area contributed by atoms with Gasteiger partial charge in [-0.25, -0.2) is 0 Å². The highest BCUT2D eigenvalue weighted by Gasteiger charge is 2.19. The van der Waals surface area contributed by atoms with Gasteiger partial charge in [0.15, 0.2) is 0 Å². The fourth-order valence-electron chi connectivity index (χ4n) is 1.46. The van der Waals surface area contributed by atoms with Gasteiger partial charge in [0.2, 0.25) is 5.91 Å². The number of hydrogen-bond acceptors (Lipinski definition) is 4. The molecule has 0 aromatic heterocycles. The molecule has 1 rings (SSSR count). The number of nitrogens with zero attached hydrogens (tertiary/aromatic N) is 2. The van der Waals surface area contributed by atoms with Gasteiger partial charge in [-0.3, -0.25) is 4.79 Å². The van der Waals surface area contributed by atoms with Crippen LogP contribution in [0, 0.1) is 0 Å². The molecule has 5 nitrogen and oxygen atoms in total. The zero-order valence-corrected chi connectivity index (χ0v) is 9.14. The van der Waals surface area contributed by atoms with Crippen molar-refractivity contribution in [2.75, 3.05) is 20.2 Å². The van der Waals surface area contributed by atoms with Crippen molar-refractivity contribution in [1.29, 1.82) is 0 Å². The summed E-state index contributed by atoms with van der Waals surface area (Å²) in [5.74, 6) is -0.0218. The second-order valence-electron chi connectivity index (χ2n) is 3.53. The molecule has 1 aliphatic heterocycles. The van der Waals surface area contributed by atoms with E-state index in [1.54, 1.807) is 18.0 Å². The second kappa shape index (κ2) is 5.50. The Morgan fingerprint density at radius 1 is 1.80 bits per heavy atom. The third-order valence-electron chi connectivity index (χ3n) is 2.20. The molecular weight excluding hydrogens is 194 g/mol. The summed E-state index contributed by atoms with van der Waals surface area (Å²) in [7, 11) is 1.49. The molecule has 2 N–H and O–H groups in total. The first-order valence-corrected chi connectivity index (χ1v) is 4.95. The topological polar surface area (TPSA) is 67.9 Å². The van der Waals surface area contributed by atoms with E-state index in [4.69, 9.17) is 5.73 Å². The van der Waals surface area contributed by atoms with E-state index in [0.29, 0.717) is 6.54 Å². The third-order valence-corrected chi connectivity index (χ3v) is 2.20. The van der Waals surface area contributed by atoms with Gasteiger partial charge in [-0.2, -0.15) is 0 Å². The van der Waals surface area contributed by atoms with Crippen LogP contribution >= 0.6 is 0 Å². The number of nitrogens with two attached hydrogens (primary N) is 1. The molecule has 1 atom stereocenters. The Bertz CT molecular complexity index is 284. The molecular formula is C10H17N3O2. The molecule has 0 aromatic rings. The fourth-order valence-corrected chi connectivity index (χ4v) is 1.46. The maximum absolute atomic E-state index is 11.6. The van der Waals surface area contributed by atoms with Crippen LogP contribution in [0.2, 0.25) is 0 Å². The average Bonchev–Trinajstić information content (AvgIpc) is 2.25. The second-order valence-corrected chi connectivity index (χ2v) is 3.53. The van der Waals surface area contributed by atoms with Crippen LogP contribution in [-0.2, 0) is 9.63 Å². The van der Waals surface area contributed by atoms with E-state index in [1.807, 2.05) is 6.08 Å². The zero-order valence-electron chi connectivity index (χ0n) is 9.14. The zero-order chi connectivity index (χ0) is 11.3. The number of carbonyl (C=O) groups is 1. The average molecular weight is 211 g/mol. The monoisotopic (exact) mass is 211 g/mol. The lowest BCUT2D eigenvalue weighted by atomic mass is 10.1. The fraction of sp³-hybridized carbons (Fsp3) is 0.600. The Morgan fingerprint density at radius 3 is 3.13 bits per heavy atom. The minimum Gasteiger partial charge on any atom is -0.399 e. The summed E-state index contributed by atoms with van der Waals surface area (Å²) in [6, 6.07) is -0.441. The van der Waals surface area contributed by atoms with E-state index >= 15 is 0 Å². The molecule has 0 radical (unpaired) electrons. The van der Waals surface area contributed by atoms with Crippen LogP contribution in [0.15, 0.2) is 16.8 Å². The standard InChI is InChI=1S/C10H17N3O2/c1-8(11)10(14)13-5-3-4-9(7-13)6-12-15-2/h4,6,8H,3,5,7,11H2,1-2H3/t8-/m0/s1. The Labute approximate surface area is 89.6 Å². The van der Waals surface area contributed by atoms with Crippen molar-refractivity contribution in [2.45, 2.75) is 19.4 Å². The molecule has 0 bridgehead atoms. The van der Waals surface area contributed by atoms with E-state index < -0.39 is 6.04 Å². The van der Waals surface area contributed by atoms with Crippen molar-refractivity contribution in [1.82, 2.24) is 4.90 Å². The lowest BCUT2D eigenvalue weighted by Crippen LogP contribution is -2.44. The van der Waals surface area contributed by atoms with Crippen molar-refractivity contribution in [3.8, 4) is 0 Å². The van der Waals surface area contributed by atoms with E-state index in [9.17, 15) is 4.79 Å². The Kier molecular flexibility index (Phi) is 4.30. The predicted molar refractivity (Wildman–Crippen MR) is 58.4 cm³/mol. The van der Waals surface area contributed by atoms with E-state index in [2.05, 4.69) is 9.99 Å². The number of carbonyl (C=O) groups excluding carboxylic acids is 1. The van der Waals surface area contributed by atoms with Gasteiger partial charge in [0.25, 0.3) is 0 Å². The van der Waals surface area contributed by atoms with Crippen LogP contribution in [0.4, 0.5) is 0 Å². The first-order chi connectivity index (χ1) is 7.15. The lowest BCUT2D eigenvalue weighted by Gasteiger charge is -2.27. The molecule has 0 fully saturated rings. The highest BCUT2D eigenvalue weighted by Crippen LogP contribution is 2.09. The highest BCUT2D eigenvalue weighted by atomic mass is 16.6. The van der Waals surface area contributed by atoms with E-state index in [-0.39, 0.29) is 5.91 Å². The van der Waals surface area contributed by atoms with Gasteiger partial charge in [0.1, 0.15) is 7.11 Å². The molecule has 84 valence electrons. The van der Waals surface area contributed by atoms with Gasteiger partial charge in [0, 0.05) is 13.1 Å². The molecule has 15 heavy (non-hydrogen) atoms. The Hall–Kier alpha value is -1.36. The summed E-state index contributed by atoms with van der Waals surface area (Å²) in [6.45, 7) is 2.99. The largest absolute Gasteiger partial charge is 0.399 e. The summed E-state index contributed by atoms with van der Waals surface area (Å²) >= 11 is 0. The summed E-state index contributed by atoms with van der Waals surface area (Å²) in [6.07, 6.45) is 4.51. The minimum absolute atomic E-state index is 0.0218. The van der Waals surface area contributed by atoms with Gasteiger partial charge >= 0.3 is 0 Å². The van der Waals surface area contributed by atoms with Crippen LogP contribution in [0.1, 0.15) is 13.3 Å². The highest BCUT2D eigenvalue weighted by molar-refractivity contribution is 5.85. The van der Waals surface area contributed by atoms with Crippen molar-refractivity contribution in [3.63, 3.8) is 0 Å². The molecule has 1 heterocycles. The van der Waals surface area contributed by atoms with E-state index in [0.717, 1.165) is 18.5 Å². The number of oxime groups is 1. The van der Waals surface area contributed by atoms with Gasteiger partial charge in [-0.1, -0.05) is 11.2 Å². The van der Waals surface area contributed by atoms with E-state index in [1.165, 1.54) is 7.11 Å². The summed E-state index contributed by atoms with van der Waals surface area (Å²) < 4.78 is 0. The van der Waals surface area contributed by atoms with Crippen molar-refractivity contribution < 1.29 is 9.63 Å². The maximum Gasteiger partial charge on any atom is 0.239 e. The first kappa shape index (κ1) is 11.7. The Morgan fingerprint density at radius 2 is 2.53 bits per heavy atom. The molecule has 1 amide bonds. The number of rotatable bonds is 3. The van der Waals surface area contributed by atoms with Crippen molar-refractivity contribution >= 4 is 12.1 Å². The number of hydrogen-bond donors (Lipinski definition) is 1. The molecule has 5 heteroatoms. The lowest BCUT2D eigenvalue weighted by molar-refractivity contribution is -0.131. The van der Waals surface area contributed by atoms with Crippen molar-refractivity contribution in [3.05, 3.63) is 11.6 Å². The van der Waals surface area contributed by atoms with Crippen LogP contribution in [0.3, 0.4) is 0 Å². The summed E-state index contributed by atoms with van der Waals surface area (Å²) in [4.78, 5) is 17.9. The molecule has 0 unspecified atom stereocenters. The molecule has 0 aromatic carbocycles. The minimum atomic E-state index is -0.441. The van der Waals surface area contributed by atoms with Crippen LogP contribution in [0.25, 0.3) is 0 Å². The first-order valence-electron chi connectivity index (χ1n) is 4.95. The summed E-state index contributed by atoms with van der Waals surface area (Å²) in [5.41, 5.74) is 6.53. The quantitative estimate of drug-likeness (QED) is 0.532.